The number of carbonyl (C=O) groups excluding carboxylic acids is 1. The van der Waals surface area contributed by atoms with Gasteiger partial charge in [0.05, 0.1) is 19.6 Å². The molecule has 6 nitrogen and oxygen atoms in total. The minimum Gasteiger partial charge on any atom is -0.497 e. The number of nitrogens with one attached hydrogen (secondary N) is 1. The summed E-state index contributed by atoms with van der Waals surface area (Å²) in [5, 5.41) is 4.08. The molecule has 2 aromatic heterocycles. The van der Waals surface area contributed by atoms with Crippen LogP contribution in [0.1, 0.15) is 15.2 Å². The predicted molar refractivity (Wildman–Crippen MR) is 89.8 cm³/mol. The first-order valence-corrected chi connectivity index (χ1v) is 7.69. The van der Waals surface area contributed by atoms with Crippen LogP contribution in [0.3, 0.4) is 0 Å². The van der Waals surface area contributed by atoms with Gasteiger partial charge in [-0.1, -0.05) is 0 Å². The van der Waals surface area contributed by atoms with Crippen LogP contribution in [0.5, 0.6) is 5.75 Å². The average molecular weight is 329 g/mol. The maximum atomic E-state index is 11.8. The van der Waals surface area contributed by atoms with Crippen molar-refractivity contribution in [3.8, 4) is 5.75 Å². The molecule has 0 aliphatic rings. The molecule has 0 unspecified atom stereocenters. The number of anilines is 2. The van der Waals surface area contributed by atoms with Gasteiger partial charge in [0.15, 0.2) is 0 Å². The number of hydrogen-bond acceptors (Lipinski definition) is 7. The number of ether oxygens (including phenoxy) is 2. The molecule has 1 N–H and O–H groups in total. The SMILES string of the molecule is COC(=O)c1sc2ncnc(Nc3ccc(OC)cc3)c2c1C. The molecule has 1 aromatic carbocycles. The molecule has 0 atom stereocenters. The highest BCUT2D eigenvalue weighted by Gasteiger charge is 2.19. The topological polar surface area (TPSA) is 73.3 Å². The van der Waals surface area contributed by atoms with Crippen LogP contribution in [0.4, 0.5) is 11.5 Å². The minimum absolute atomic E-state index is 0.360. The Labute approximate surface area is 137 Å². The third kappa shape index (κ3) is 2.83. The molecule has 0 aliphatic heterocycles. The van der Waals surface area contributed by atoms with E-state index in [2.05, 4.69) is 15.3 Å². The van der Waals surface area contributed by atoms with Gasteiger partial charge in [0.25, 0.3) is 0 Å². The Bertz CT molecular complexity index is 859. The third-order valence-electron chi connectivity index (χ3n) is 3.45. The number of aromatic nitrogens is 2. The number of hydrogen-bond donors (Lipinski definition) is 1. The van der Waals surface area contributed by atoms with E-state index in [1.165, 1.54) is 24.8 Å². The zero-order chi connectivity index (χ0) is 16.4. The highest BCUT2D eigenvalue weighted by Crippen LogP contribution is 2.34. The Hall–Kier alpha value is -2.67. The third-order valence-corrected chi connectivity index (χ3v) is 4.63. The molecule has 0 bridgehead atoms. The van der Waals surface area contributed by atoms with Crippen LogP contribution < -0.4 is 10.1 Å². The summed E-state index contributed by atoms with van der Waals surface area (Å²) >= 11 is 1.30. The lowest BCUT2D eigenvalue weighted by atomic mass is 10.2. The normalized spacial score (nSPS) is 10.6. The Morgan fingerprint density at radius 1 is 1.17 bits per heavy atom. The van der Waals surface area contributed by atoms with Crippen LogP contribution in [-0.2, 0) is 4.74 Å². The highest BCUT2D eigenvalue weighted by molar-refractivity contribution is 7.20. The van der Waals surface area contributed by atoms with Crippen molar-refractivity contribution in [3.05, 3.63) is 41.0 Å². The van der Waals surface area contributed by atoms with Crippen molar-refractivity contribution < 1.29 is 14.3 Å². The number of benzene rings is 1. The molecule has 2 heterocycles. The number of rotatable bonds is 4. The van der Waals surface area contributed by atoms with Gasteiger partial charge in [0, 0.05) is 5.69 Å². The van der Waals surface area contributed by atoms with E-state index in [1.54, 1.807) is 7.11 Å². The second-order valence-corrected chi connectivity index (χ2v) is 5.80. The van der Waals surface area contributed by atoms with E-state index in [0.717, 1.165) is 27.2 Å². The number of aryl methyl sites for hydroxylation is 1. The summed E-state index contributed by atoms with van der Waals surface area (Å²) in [4.78, 5) is 21.7. The molecule has 0 aliphatic carbocycles. The molecule has 118 valence electrons. The molecule has 0 amide bonds. The lowest BCUT2D eigenvalue weighted by molar-refractivity contribution is 0.0605. The van der Waals surface area contributed by atoms with Gasteiger partial charge in [0.1, 0.15) is 27.6 Å². The molecule has 0 spiro atoms. The first-order chi connectivity index (χ1) is 11.1. The monoisotopic (exact) mass is 329 g/mol. The Morgan fingerprint density at radius 3 is 2.57 bits per heavy atom. The van der Waals surface area contributed by atoms with Crippen molar-refractivity contribution in [2.45, 2.75) is 6.92 Å². The zero-order valence-electron chi connectivity index (χ0n) is 12.9. The van der Waals surface area contributed by atoms with Crippen molar-refractivity contribution in [3.63, 3.8) is 0 Å². The van der Waals surface area contributed by atoms with E-state index in [0.29, 0.717) is 10.7 Å². The van der Waals surface area contributed by atoms with E-state index >= 15 is 0 Å². The minimum atomic E-state index is -0.360. The molecular weight excluding hydrogens is 314 g/mol. The highest BCUT2D eigenvalue weighted by atomic mass is 32.1. The molecule has 0 saturated carbocycles. The van der Waals surface area contributed by atoms with E-state index in [-0.39, 0.29) is 5.97 Å². The van der Waals surface area contributed by atoms with Crippen LogP contribution in [-0.4, -0.2) is 30.2 Å². The second-order valence-electron chi connectivity index (χ2n) is 4.80. The van der Waals surface area contributed by atoms with Gasteiger partial charge >= 0.3 is 5.97 Å². The van der Waals surface area contributed by atoms with E-state index in [4.69, 9.17) is 9.47 Å². The van der Waals surface area contributed by atoms with Gasteiger partial charge in [-0.05, 0) is 36.8 Å². The van der Waals surface area contributed by atoms with Crippen LogP contribution >= 0.6 is 11.3 Å². The number of methoxy groups -OCH3 is 2. The average Bonchev–Trinajstić information content (AvgIpc) is 2.93. The lowest BCUT2D eigenvalue weighted by Crippen LogP contribution is -2.00. The summed E-state index contributed by atoms with van der Waals surface area (Å²) in [6.07, 6.45) is 1.48. The van der Waals surface area contributed by atoms with Crippen LogP contribution in [0.2, 0.25) is 0 Å². The zero-order valence-corrected chi connectivity index (χ0v) is 13.7. The smallest absolute Gasteiger partial charge is 0.348 e. The first-order valence-electron chi connectivity index (χ1n) is 6.87. The number of nitrogens with zero attached hydrogens (tertiary/aromatic N) is 2. The fraction of sp³-hybridized carbons (Fsp3) is 0.188. The number of fused-ring (bicyclic) bond motifs is 1. The van der Waals surface area contributed by atoms with Crippen LogP contribution in [0.25, 0.3) is 10.2 Å². The summed E-state index contributed by atoms with van der Waals surface area (Å²) in [5.41, 5.74) is 1.68. The number of esters is 1. The Kier molecular flexibility index (Phi) is 4.12. The van der Waals surface area contributed by atoms with Crippen molar-refractivity contribution in [1.82, 2.24) is 9.97 Å². The molecule has 7 heteroatoms. The molecule has 3 aromatic rings. The van der Waals surface area contributed by atoms with Crippen molar-refractivity contribution in [2.24, 2.45) is 0 Å². The molecule has 3 rings (SSSR count). The van der Waals surface area contributed by atoms with Crippen molar-refractivity contribution in [1.29, 1.82) is 0 Å². The number of carbonyl (C=O) groups is 1. The summed E-state index contributed by atoms with van der Waals surface area (Å²) in [7, 11) is 2.99. The first kappa shape index (κ1) is 15.2. The van der Waals surface area contributed by atoms with Crippen LogP contribution in [0, 0.1) is 6.92 Å². The molecular formula is C16H15N3O3S. The summed E-state index contributed by atoms with van der Waals surface area (Å²) < 4.78 is 9.97. The standard InChI is InChI=1S/C16H15N3O3S/c1-9-12-14(19-10-4-6-11(21-2)7-5-10)17-8-18-15(12)23-13(9)16(20)22-3/h4-8H,1-3H3,(H,17,18,19). The summed E-state index contributed by atoms with van der Waals surface area (Å²) in [5.74, 6) is 1.08. The van der Waals surface area contributed by atoms with Gasteiger partial charge in [0.2, 0.25) is 0 Å². The van der Waals surface area contributed by atoms with Crippen molar-refractivity contribution in [2.75, 3.05) is 19.5 Å². The quantitative estimate of drug-likeness (QED) is 0.738. The summed E-state index contributed by atoms with van der Waals surface area (Å²) in [6, 6.07) is 7.52. The van der Waals surface area contributed by atoms with E-state index in [9.17, 15) is 4.79 Å². The van der Waals surface area contributed by atoms with E-state index in [1.807, 2.05) is 31.2 Å². The van der Waals surface area contributed by atoms with Gasteiger partial charge in [-0.25, -0.2) is 14.8 Å². The van der Waals surface area contributed by atoms with Gasteiger partial charge in [-0.2, -0.15) is 0 Å². The Balaban J connectivity index is 2.03. The maximum Gasteiger partial charge on any atom is 0.348 e. The van der Waals surface area contributed by atoms with E-state index < -0.39 is 0 Å². The fourth-order valence-corrected chi connectivity index (χ4v) is 3.33. The van der Waals surface area contributed by atoms with Gasteiger partial charge in [-0.15, -0.1) is 11.3 Å². The molecule has 0 fully saturated rings. The maximum absolute atomic E-state index is 11.8. The van der Waals surface area contributed by atoms with Crippen molar-refractivity contribution >= 4 is 39.0 Å². The molecule has 0 radical (unpaired) electrons. The molecule has 0 saturated heterocycles. The second kappa shape index (κ2) is 6.21. The van der Waals surface area contributed by atoms with Gasteiger partial charge < -0.3 is 14.8 Å². The Morgan fingerprint density at radius 2 is 1.91 bits per heavy atom. The lowest BCUT2D eigenvalue weighted by Gasteiger charge is -2.08. The van der Waals surface area contributed by atoms with Gasteiger partial charge in [-0.3, -0.25) is 0 Å². The predicted octanol–water partition coefficient (Wildman–Crippen LogP) is 3.54. The van der Waals surface area contributed by atoms with Crippen LogP contribution in [0.15, 0.2) is 30.6 Å². The number of thiophene rings is 1. The largest absolute Gasteiger partial charge is 0.497 e. The fourth-order valence-electron chi connectivity index (χ4n) is 2.26. The molecule has 23 heavy (non-hydrogen) atoms. The summed E-state index contributed by atoms with van der Waals surface area (Å²) in [6.45, 7) is 1.87.